The summed E-state index contributed by atoms with van der Waals surface area (Å²) in [6.45, 7) is 11.6. The molecule has 0 aromatic heterocycles. The fourth-order valence-electron chi connectivity index (χ4n) is 2.08. The molecule has 1 saturated carbocycles. The van der Waals surface area contributed by atoms with Gasteiger partial charge in [-0.3, -0.25) is 0 Å². The Balaban J connectivity index is 1.96. The first-order chi connectivity index (χ1) is 6.81. The van der Waals surface area contributed by atoms with Gasteiger partial charge in [-0.15, -0.1) is 0 Å². The van der Waals surface area contributed by atoms with Crippen molar-refractivity contribution in [2.45, 2.75) is 76.5 Å². The normalized spacial score (nSPS) is 36.2. The average Bonchev–Trinajstić information content (AvgIpc) is 2.80. The first-order valence-electron chi connectivity index (χ1n) is 6.14. The van der Waals surface area contributed by atoms with Crippen LogP contribution in [0.2, 0.25) is 18.1 Å². The summed E-state index contributed by atoms with van der Waals surface area (Å²) in [7, 11) is -1.59. The molecule has 2 aliphatic rings. The van der Waals surface area contributed by atoms with Crippen LogP contribution in [0.15, 0.2) is 0 Å². The van der Waals surface area contributed by atoms with Crippen LogP contribution in [0.3, 0.4) is 0 Å². The summed E-state index contributed by atoms with van der Waals surface area (Å²) in [4.78, 5) is 0. The third-order valence-corrected chi connectivity index (χ3v) is 8.72. The topological polar surface area (TPSA) is 21.8 Å². The van der Waals surface area contributed by atoms with E-state index in [0.717, 1.165) is 0 Å². The lowest BCUT2D eigenvalue weighted by molar-refractivity contribution is 0.132. The van der Waals surface area contributed by atoms with Gasteiger partial charge in [0, 0.05) is 0 Å². The molecule has 2 nitrogen and oxygen atoms in total. The van der Waals surface area contributed by atoms with E-state index < -0.39 is 8.32 Å². The van der Waals surface area contributed by atoms with Crippen molar-refractivity contribution in [1.82, 2.24) is 0 Å². The highest BCUT2D eigenvalue weighted by molar-refractivity contribution is 6.74. The van der Waals surface area contributed by atoms with Crippen molar-refractivity contribution in [3.05, 3.63) is 0 Å². The molecule has 3 unspecified atom stereocenters. The predicted molar refractivity (Wildman–Crippen MR) is 64.6 cm³/mol. The Labute approximate surface area is 94.5 Å². The van der Waals surface area contributed by atoms with E-state index in [1.807, 2.05) is 0 Å². The monoisotopic (exact) mass is 228 g/mol. The smallest absolute Gasteiger partial charge is 0.192 e. The van der Waals surface area contributed by atoms with E-state index in [1.54, 1.807) is 0 Å². The molecule has 0 spiro atoms. The maximum atomic E-state index is 6.41. The van der Waals surface area contributed by atoms with Gasteiger partial charge in [-0.2, -0.15) is 0 Å². The van der Waals surface area contributed by atoms with E-state index in [-0.39, 0.29) is 0 Å². The van der Waals surface area contributed by atoms with Crippen molar-refractivity contribution < 1.29 is 9.16 Å². The van der Waals surface area contributed by atoms with Gasteiger partial charge in [0.15, 0.2) is 8.32 Å². The van der Waals surface area contributed by atoms with Gasteiger partial charge in [-0.05, 0) is 37.4 Å². The molecule has 3 heteroatoms. The highest BCUT2D eigenvalue weighted by Crippen LogP contribution is 2.43. The Hall–Kier alpha value is 0.137. The van der Waals surface area contributed by atoms with Gasteiger partial charge in [-0.25, -0.2) is 0 Å². The van der Waals surface area contributed by atoms with Crippen LogP contribution in [0.4, 0.5) is 0 Å². The number of epoxide rings is 1. The largest absolute Gasteiger partial charge is 0.411 e. The molecule has 88 valence electrons. The zero-order chi connectivity index (χ0) is 11.3. The third kappa shape index (κ3) is 2.29. The van der Waals surface area contributed by atoms with Crippen LogP contribution in [0.25, 0.3) is 0 Å². The maximum Gasteiger partial charge on any atom is 0.192 e. The summed E-state index contributed by atoms with van der Waals surface area (Å²) in [5, 5.41) is 0.314. The highest BCUT2D eigenvalue weighted by Gasteiger charge is 2.51. The van der Waals surface area contributed by atoms with E-state index in [0.29, 0.717) is 23.4 Å². The van der Waals surface area contributed by atoms with Gasteiger partial charge in [-0.1, -0.05) is 20.8 Å². The number of hydrogen-bond acceptors (Lipinski definition) is 2. The van der Waals surface area contributed by atoms with Gasteiger partial charge >= 0.3 is 0 Å². The lowest BCUT2D eigenvalue weighted by Gasteiger charge is -2.39. The van der Waals surface area contributed by atoms with Crippen LogP contribution in [0.5, 0.6) is 0 Å². The fraction of sp³-hybridized carbons (Fsp3) is 1.00. The van der Waals surface area contributed by atoms with E-state index in [1.165, 1.54) is 19.3 Å². The molecule has 1 aliphatic heterocycles. The molecule has 0 radical (unpaired) electrons. The first kappa shape index (κ1) is 11.6. The van der Waals surface area contributed by atoms with Gasteiger partial charge in [0.1, 0.15) is 6.10 Å². The third-order valence-electron chi connectivity index (χ3n) is 4.22. The predicted octanol–water partition coefficient (Wildman–Crippen LogP) is 3.33. The average molecular weight is 228 g/mol. The molecule has 2 rings (SSSR count). The lowest BCUT2D eigenvalue weighted by atomic mass is 9.98. The van der Waals surface area contributed by atoms with E-state index in [4.69, 9.17) is 9.16 Å². The molecule has 1 heterocycles. The Morgan fingerprint density at radius 2 is 1.87 bits per heavy atom. The number of hydrogen-bond donors (Lipinski definition) is 0. The zero-order valence-electron chi connectivity index (χ0n) is 10.7. The molecule has 3 atom stereocenters. The molecule has 0 aromatic rings. The summed E-state index contributed by atoms with van der Waals surface area (Å²) in [5.74, 6) is 0. The van der Waals surface area contributed by atoms with E-state index in [9.17, 15) is 0 Å². The minimum atomic E-state index is -1.59. The second-order valence-electron chi connectivity index (χ2n) is 6.49. The van der Waals surface area contributed by atoms with Crippen molar-refractivity contribution in [3.63, 3.8) is 0 Å². The summed E-state index contributed by atoms with van der Waals surface area (Å²) in [5.41, 5.74) is 0. The van der Waals surface area contributed by atoms with E-state index >= 15 is 0 Å². The highest BCUT2D eigenvalue weighted by atomic mass is 28.4. The van der Waals surface area contributed by atoms with Crippen molar-refractivity contribution in [2.75, 3.05) is 0 Å². The number of ether oxygens (including phenoxy) is 1. The van der Waals surface area contributed by atoms with E-state index in [2.05, 4.69) is 33.9 Å². The summed E-state index contributed by atoms with van der Waals surface area (Å²) in [6, 6.07) is 0. The minimum Gasteiger partial charge on any atom is -0.411 e. The Morgan fingerprint density at radius 3 is 2.47 bits per heavy atom. The standard InChI is InChI=1S/C12H24O2Si/c1-12(2,3)15(4,5)14-10-8-6-7-9-11(10)13-9/h9-11H,6-8H2,1-5H3. The first-order valence-corrected chi connectivity index (χ1v) is 9.05. The van der Waals surface area contributed by atoms with Crippen LogP contribution in [-0.4, -0.2) is 26.6 Å². The van der Waals surface area contributed by atoms with Crippen molar-refractivity contribution in [1.29, 1.82) is 0 Å². The molecule has 1 aliphatic carbocycles. The molecule has 15 heavy (non-hydrogen) atoms. The molecular weight excluding hydrogens is 204 g/mol. The van der Waals surface area contributed by atoms with Crippen molar-refractivity contribution in [3.8, 4) is 0 Å². The molecule has 0 bridgehead atoms. The Bertz CT molecular complexity index is 244. The number of rotatable bonds is 2. The van der Waals surface area contributed by atoms with Crippen LogP contribution >= 0.6 is 0 Å². The van der Waals surface area contributed by atoms with Crippen molar-refractivity contribution >= 4 is 8.32 Å². The zero-order valence-corrected chi connectivity index (χ0v) is 11.7. The summed E-state index contributed by atoms with van der Waals surface area (Å²) in [6.07, 6.45) is 5.10. The molecule has 1 saturated heterocycles. The lowest BCUT2D eigenvalue weighted by Crippen LogP contribution is -2.46. The SMILES string of the molecule is CC(C)(C)[Si](C)(C)OC1CCCC2OC21. The quantitative estimate of drug-likeness (QED) is 0.534. The molecule has 0 aromatic carbocycles. The maximum absolute atomic E-state index is 6.41. The number of fused-ring (bicyclic) bond motifs is 1. The van der Waals surface area contributed by atoms with Crippen LogP contribution in [0.1, 0.15) is 40.0 Å². The van der Waals surface area contributed by atoms with Crippen LogP contribution in [0, 0.1) is 0 Å². The molecular formula is C12H24O2Si. The Morgan fingerprint density at radius 1 is 1.20 bits per heavy atom. The fourth-order valence-corrected chi connectivity index (χ4v) is 3.44. The van der Waals surface area contributed by atoms with Crippen molar-refractivity contribution in [2.24, 2.45) is 0 Å². The van der Waals surface area contributed by atoms with Gasteiger partial charge in [0.25, 0.3) is 0 Å². The van der Waals surface area contributed by atoms with Gasteiger partial charge < -0.3 is 9.16 Å². The molecule has 2 fully saturated rings. The Kier molecular flexibility index (Phi) is 2.77. The summed E-state index contributed by atoms with van der Waals surface area (Å²) >= 11 is 0. The molecule has 0 N–H and O–H groups in total. The van der Waals surface area contributed by atoms with Gasteiger partial charge in [0.2, 0.25) is 0 Å². The second-order valence-corrected chi connectivity index (χ2v) is 11.2. The molecule has 0 amide bonds. The summed E-state index contributed by atoms with van der Waals surface area (Å²) < 4.78 is 12.1. The van der Waals surface area contributed by atoms with Gasteiger partial charge in [0.05, 0.1) is 12.2 Å². The minimum absolute atomic E-state index is 0.314. The second kappa shape index (κ2) is 3.57. The van der Waals surface area contributed by atoms with Crippen LogP contribution in [-0.2, 0) is 9.16 Å². The van der Waals surface area contributed by atoms with Crippen LogP contribution < -0.4 is 0 Å².